The second-order valence-corrected chi connectivity index (χ2v) is 6.56. The summed E-state index contributed by atoms with van der Waals surface area (Å²) in [5.41, 5.74) is 0. The van der Waals surface area contributed by atoms with Gasteiger partial charge in [-0.05, 0) is 19.3 Å². The van der Waals surface area contributed by atoms with Crippen molar-refractivity contribution in [1.82, 2.24) is 0 Å². The van der Waals surface area contributed by atoms with Gasteiger partial charge in [0.2, 0.25) is 5.79 Å². The van der Waals surface area contributed by atoms with E-state index in [-0.39, 0.29) is 5.97 Å². The molecule has 0 amide bonds. The molecule has 0 heterocycles. The maximum atomic E-state index is 11.7. The third kappa shape index (κ3) is 9.13. The van der Waals surface area contributed by atoms with Gasteiger partial charge in [-0.2, -0.15) is 0 Å². The van der Waals surface area contributed by atoms with Crippen LogP contribution in [0.5, 0.6) is 0 Å². The topological polar surface area (TPSA) is 46.5 Å². The number of carbonyl (C=O) groups is 1. The molecule has 0 bridgehead atoms. The summed E-state index contributed by atoms with van der Waals surface area (Å²) in [5, 5.41) is 10.1. The second kappa shape index (κ2) is 11.1. The number of unbranched alkanes of at least 4 members (excludes halogenated alkanes) is 8. The van der Waals surface area contributed by atoms with Crippen molar-refractivity contribution in [3.8, 4) is 0 Å². The van der Waals surface area contributed by atoms with Crippen molar-refractivity contribution in [3.05, 3.63) is 0 Å². The van der Waals surface area contributed by atoms with Gasteiger partial charge in [-0.3, -0.25) is 4.79 Å². The van der Waals surface area contributed by atoms with Gasteiger partial charge in [-0.25, -0.2) is 0 Å². The predicted octanol–water partition coefficient (Wildman–Crippen LogP) is 5.10. The van der Waals surface area contributed by atoms with Crippen molar-refractivity contribution in [2.75, 3.05) is 0 Å². The van der Waals surface area contributed by atoms with Crippen LogP contribution in [0, 0.1) is 0 Å². The van der Waals surface area contributed by atoms with E-state index in [1.165, 1.54) is 44.9 Å². The molecule has 1 rings (SSSR count). The van der Waals surface area contributed by atoms with E-state index in [0.29, 0.717) is 19.3 Å². The van der Waals surface area contributed by atoms with E-state index in [9.17, 15) is 9.90 Å². The lowest BCUT2D eigenvalue weighted by Gasteiger charge is -2.31. The molecule has 0 aromatic heterocycles. The normalized spacial score (nSPS) is 17.6. The van der Waals surface area contributed by atoms with E-state index in [0.717, 1.165) is 32.1 Å². The van der Waals surface area contributed by atoms with Crippen LogP contribution < -0.4 is 0 Å². The van der Waals surface area contributed by atoms with Gasteiger partial charge in [0.15, 0.2) is 0 Å². The lowest BCUT2D eigenvalue weighted by molar-refractivity contribution is -0.220. The molecule has 1 fully saturated rings. The van der Waals surface area contributed by atoms with Gasteiger partial charge >= 0.3 is 5.97 Å². The summed E-state index contributed by atoms with van der Waals surface area (Å²) in [7, 11) is 0. The van der Waals surface area contributed by atoms with E-state index >= 15 is 0 Å². The molecule has 0 aliphatic heterocycles. The van der Waals surface area contributed by atoms with Crippen LogP contribution in [-0.4, -0.2) is 16.9 Å². The number of hydrogen-bond acceptors (Lipinski definition) is 3. The zero-order chi connectivity index (χ0) is 15.4. The van der Waals surface area contributed by atoms with Gasteiger partial charge in [0, 0.05) is 19.3 Å². The zero-order valence-electron chi connectivity index (χ0n) is 13.9. The fraction of sp³-hybridized carbons (Fsp3) is 0.944. The highest BCUT2D eigenvalue weighted by Gasteiger charge is 2.32. The molecule has 124 valence electrons. The lowest BCUT2D eigenvalue weighted by Crippen LogP contribution is -2.36. The van der Waals surface area contributed by atoms with Crippen molar-refractivity contribution in [2.24, 2.45) is 0 Å². The summed E-state index contributed by atoms with van der Waals surface area (Å²) >= 11 is 0. The molecular formula is C18H34O3. The lowest BCUT2D eigenvalue weighted by atomic mass is 9.94. The quantitative estimate of drug-likeness (QED) is 0.328. The van der Waals surface area contributed by atoms with Crippen LogP contribution in [0.2, 0.25) is 0 Å². The van der Waals surface area contributed by atoms with Crippen LogP contribution in [0.4, 0.5) is 0 Å². The van der Waals surface area contributed by atoms with E-state index in [4.69, 9.17) is 4.74 Å². The van der Waals surface area contributed by atoms with Crippen molar-refractivity contribution >= 4 is 5.97 Å². The molecule has 0 unspecified atom stereocenters. The van der Waals surface area contributed by atoms with Gasteiger partial charge in [0.05, 0.1) is 0 Å². The van der Waals surface area contributed by atoms with Gasteiger partial charge in [-0.1, -0.05) is 64.7 Å². The smallest absolute Gasteiger partial charge is 0.308 e. The molecule has 1 saturated carbocycles. The Kier molecular flexibility index (Phi) is 9.73. The molecule has 1 aliphatic rings. The van der Waals surface area contributed by atoms with E-state index in [2.05, 4.69) is 6.92 Å². The Hall–Kier alpha value is -0.570. The molecule has 3 nitrogen and oxygen atoms in total. The first-order valence-corrected chi connectivity index (χ1v) is 9.10. The first kappa shape index (κ1) is 18.5. The molecule has 3 heteroatoms. The van der Waals surface area contributed by atoms with Crippen LogP contribution >= 0.6 is 0 Å². The van der Waals surface area contributed by atoms with Crippen LogP contribution in [-0.2, 0) is 9.53 Å². The fourth-order valence-corrected chi connectivity index (χ4v) is 3.05. The first-order valence-electron chi connectivity index (χ1n) is 9.10. The SMILES string of the molecule is CCCCCCCCCCCC(=O)OC1(O)CCCCC1. The predicted molar refractivity (Wildman–Crippen MR) is 86.0 cm³/mol. The summed E-state index contributed by atoms with van der Waals surface area (Å²) in [6.45, 7) is 2.24. The molecule has 21 heavy (non-hydrogen) atoms. The Morgan fingerprint density at radius 2 is 1.43 bits per heavy atom. The van der Waals surface area contributed by atoms with E-state index < -0.39 is 5.79 Å². The van der Waals surface area contributed by atoms with Crippen LogP contribution in [0.15, 0.2) is 0 Å². The van der Waals surface area contributed by atoms with E-state index in [1.54, 1.807) is 0 Å². The summed E-state index contributed by atoms with van der Waals surface area (Å²) in [5.74, 6) is -1.38. The summed E-state index contributed by atoms with van der Waals surface area (Å²) in [4.78, 5) is 11.7. The molecule has 0 radical (unpaired) electrons. The number of ether oxygens (including phenoxy) is 1. The average Bonchev–Trinajstić information content (AvgIpc) is 2.46. The van der Waals surface area contributed by atoms with Gasteiger partial charge in [-0.15, -0.1) is 0 Å². The molecule has 0 aromatic carbocycles. The molecule has 0 saturated heterocycles. The summed E-state index contributed by atoms with van der Waals surface area (Å²) < 4.78 is 5.27. The van der Waals surface area contributed by atoms with Crippen molar-refractivity contribution < 1.29 is 14.6 Å². The minimum atomic E-state index is -1.16. The summed E-state index contributed by atoms with van der Waals surface area (Å²) in [6, 6.07) is 0. The van der Waals surface area contributed by atoms with E-state index in [1.807, 2.05) is 0 Å². The Labute approximate surface area is 130 Å². The van der Waals surface area contributed by atoms with Gasteiger partial charge in [0.25, 0.3) is 0 Å². The second-order valence-electron chi connectivity index (χ2n) is 6.56. The Bertz CT molecular complexity index is 270. The average molecular weight is 298 g/mol. The highest BCUT2D eigenvalue weighted by Crippen LogP contribution is 2.29. The van der Waals surface area contributed by atoms with Crippen molar-refractivity contribution in [2.45, 2.75) is 109 Å². The highest BCUT2D eigenvalue weighted by atomic mass is 16.7. The number of hydrogen-bond donors (Lipinski definition) is 1. The van der Waals surface area contributed by atoms with Gasteiger partial charge < -0.3 is 9.84 Å². The fourth-order valence-electron chi connectivity index (χ4n) is 3.05. The minimum Gasteiger partial charge on any atom is -0.433 e. The molecule has 0 aromatic rings. The molecule has 0 atom stereocenters. The monoisotopic (exact) mass is 298 g/mol. The number of esters is 1. The molecule has 1 aliphatic carbocycles. The third-order valence-electron chi connectivity index (χ3n) is 4.42. The standard InChI is InChI=1S/C18H34O3/c1-2-3-4-5-6-7-8-9-11-14-17(19)21-18(20)15-12-10-13-16-18/h20H,2-16H2,1H3. The Morgan fingerprint density at radius 1 is 0.905 bits per heavy atom. The Morgan fingerprint density at radius 3 is 2.00 bits per heavy atom. The maximum Gasteiger partial charge on any atom is 0.308 e. The highest BCUT2D eigenvalue weighted by molar-refractivity contribution is 5.69. The van der Waals surface area contributed by atoms with Crippen molar-refractivity contribution in [3.63, 3.8) is 0 Å². The van der Waals surface area contributed by atoms with Gasteiger partial charge in [0.1, 0.15) is 0 Å². The number of aliphatic hydroxyl groups is 1. The number of rotatable bonds is 11. The van der Waals surface area contributed by atoms with Crippen LogP contribution in [0.25, 0.3) is 0 Å². The summed E-state index contributed by atoms with van der Waals surface area (Å²) in [6.07, 6.45) is 15.9. The largest absolute Gasteiger partial charge is 0.433 e. The minimum absolute atomic E-state index is 0.220. The molecular weight excluding hydrogens is 264 g/mol. The number of carbonyl (C=O) groups excluding carboxylic acids is 1. The maximum absolute atomic E-state index is 11.7. The molecule has 0 spiro atoms. The molecule has 1 N–H and O–H groups in total. The van der Waals surface area contributed by atoms with Crippen LogP contribution in [0.1, 0.15) is 103 Å². The van der Waals surface area contributed by atoms with Crippen LogP contribution in [0.3, 0.4) is 0 Å². The zero-order valence-corrected chi connectivity index (χ0v) is 13.9. The van der Waals surface area contributed by atoms with Crippen molar-refractivity contribution in [1.29, 1.82) is 0 Å². The first-order chi connectivity index (χ1) is 10.2. The Balaban J connectivity index is 1.93. The third-order valence-corrected chi connectivity index (χ3v) is 4.42.